The molecule has 0 saturated heterocycles. The second kappa shape index (κ2) is 9.18. The largest absolute Gasteiger partial charge is 0.494 e. The van der Waals surface area contributed by atoms with E-state index in [0.29, 0.717) is 12.5 Å². The summed E-state index contributed by atoms with van der Waals surface area (Å²) in [6.45, 7) is 8.18. The monoisotopic (exact) mass is 388 g/mol. The van der Waals surface area contributed by atoms with Crippen LogP contribution in [0.2, 0.25) is 0 Å². The molecule has 148 valence electrons. The summed E-state index contributed by atoms with van der Waals surface area (Å²) < 4.78 is 44.2. The zero-order valence-electron chi connectivity index (χ0n) is 16.2. The van der Waals surface area contributed by atoms with E-state index in [1.165, 1.54) is 13.2 Å². The summed E-state index contributed by atoms with van der Waals surface area (Å²) in [5.41, 5.74) is 0.00760. The lowest BCUT2D eigenvalue weighted by Gasteiger charge is -2.24. The van der Waals surface area contributed by atoms with Gasteiger partial charge in [-0.1, -0.05) is 6.07 Å². The van der Waals surface area contributed by atoms with Crippen LogP contribution in [0.5, 0.6) is 5.75 Å². The second-order valence-corrected chi connectivity index (χ2v) is 8.46. The van der Waals surface area contributed by atoms with Crippen LogP contribution in [0.3, 0.4) is 0 Å². The van der Waals surface area contributed by atoms with Crippen LogP contribution < -0.4 is 20.1 Å². The van der Waals surface area contributed by atoms with Gasteiger partial charge in [-0.25, -0.2) is 17.5 Å². The van der Waals surface area contributed by atoms with Crippen molar-refractivity contribution >= 4 is 16.0 Å². The molecule has 0 spiro atoms. The van der Waals surface area contributed by atoms with Crippen molar-refractivity contribution in [3.05, 3.63) is 29.6 Å². The molecule has 0 aliphatic carbocycles. The number of nitrogens with one attached hydrogen (secondary N) is 3. The molecule has 0 saturated carbocycles. The van der Waals surface area contributed by atoms with Gasteiger partial charge in [-0.15, -0.1) is 0 Å². The van der Waals surface area contributed by atoms with Gasteiger partial charge in [0.1, 0.15) is 0 Å². The Bertz CT molecular complexity index is 736. The summed E-state index contributed by atoms with van der Waals surface area (Å²) in [4.78, 5) is 4.44. The Morgan fingerprint density at radius 1 is 1.38 bits per heavy atom. The highest BCUT2D eigenvalue weighted by Crippen LogP contribution is 2.21. The molecule has 7 nitrogen and oxygen atoms in total. The first-order chi connectivity index (χ1) is 12.0. The molecule has 0 radical (unpaired) electrons. The van der Waals surface area contributed by atoms with E-state index in [1.54, 1.807) is 26.0 Å². The Hall–Kier alpha value is -1.87. The van der Waals surface area contributed by atoms with Crippen LogP contribution in [-0.2, 0) is 10.0 Å². The third-order valence-electron chi connectivity index (χ3n) is 3.47. The Morgan fingerprint density at radius 2 is 2.04 bits per heavy atom. The first-order valence-electron chi connectivity index (χ1n) is 8.34. The third-order valence-corrected chi connectivity index (χ3v) is 4.39. The van der Waals surface area contributed by atoms with E-state index in [1.807, 2.05) is 13.8 Å². The lowest BCUT2D eigenvalue weighted by molar-refractivity contribution is 0.386. The second-order valence-electron chi connectivity index (χ2n) is 6.71. The number of rotatable bonds is 8. The van der Waals surface area contributed by atoms with Crippen molar-refractivity contribution in [3.63, 3.8) is 0 Å². The van der Waals surface area contributed by atoms with Gasteiger partial charge in [-0.3, -0.25) is 4.99 Å². The standard InChI is InChI=1S/C17H29FN4O3S/c1-7-19-16(20-11-17(3,4)22-26(6,23)24)21-12(2)13-8-9-15(25-5)14(18)10-13/h8-10,12,22H,7,11H2,1-6H3,(H2,19,20,21). The van der Waals surface area contributed by atoms with Crippen LogP contribution in [0.1, 0.15) is 39.3 Å². The topological polar surface area (TPSA) is 91.8 Å². The molecule has 0 bridgehead atoms. The molecular weight excluding hydrogens is 359 g/mol. The van der Waals surface area contributed by atoms with Crippen molar-refractivity contribution in [3.8, 4) is 5.75 Å². The maximum absolute atomic E-state index is 13.9. The van der Waals surface area contributed by atoms with E-state index in [0.717, 1.165) is 11.8 Å². The van der Waals surface area contributed by atoms with Gasteiger partial charge in [0.2, 0.25) is 10.0 Å². The molecule has 0 aromatic heterocycles. The molecule has 1 aromatic carbocycles. The summed E-state index contributed by atoms with van der Waals surface area (Å²) in [5.74, 6) is 0.272. The number of hydrogen-bond acceptors (Lipinski definition) is 4. The summed E-state index contributed by atoms with van der Waals surface area (Å²) in [7, 11) is -1.91. The summed E-state index contributed by atoms with van der Waals surface area (Å²) in [5, 5.41) is 6.29. The van der Waals surface area contributed by atoms with Crippen LogP contribution >= 0.6 is 0 Å². The number of hydrogen-bond donors (Lipinski definition) is 3. The smallest absolute Gasteiger partial charge is 0.209 e. The minimum atomic E-state index is -3.33. The van der Waals surface area contributed by atoms with Crippen molar-refractivity contribution in [2.75, 3.05) is 26.5 Å². The highest BCUT2D eigenvalue weighted by atomic mass is 32.2. The lowest BCUT2D eigenvalue weighted by atomic mass is 10.1. The predicted octanol–water partition coefficient (Wildman–Crippen LogP) is 1.78. The van der Waals surface area contributed by atoms with Crippen molar-refractivity contribution in [2.45, 2.75) is 39.3 Å². The number of guanidine groups is 1. The number of nitrogens with zero attached hydrogens (tertiary/aromatic N) is 1. The molecule has 0 aliphatic heterocycles. The lowest BCUT2D eigenvalue weighted by Crippen LogP contribution is -2.47. The van der Waals surface area contributed by atoms with E-state index in [-0.39, 0.29) is 18.3 Å². The summed E-state index contributed by atoms with van der Waals surface area (Å²) in [6.07, 6.45) is 1.11. The maximum atomic E-state index is 13.9. The average Bonchev–Trinajstić information content (AvgIpc) is 2.50. The number of sulfonamides is 1. The van der Waals surface area contributed by atoms with Gasteiger partial charge in [-0.2, -0.15) is 0 Å². The fraction of sp³-hybridized carbons (Fsp3) is 0.588. The third kappa shape index (κ3) is 7.57. The Labute approximate surface area is 155 Å². The van der Waals surface area contributed by atoms with Gasteiger partial charge in [0, 0.05) is 12.1 Å². The van der Waals surface area contributed by atoms with E-state index in [2.05, 4.69) is 20.3 Å². The molecule has 1 atom stereocenters. The first-order valence-corrected chi connectivity index (χ1v) is 10.2. The molecule has 0 aliphatic rings. The molecule has 1 rings (SSSR count). The zero-order chi connectivity index (χ0) is 20.0. The van der Waals surface area contributed by atoms with Crippen molar-refractivity contribution in [1.82, 2.24) is 15.4 Å². The highest BCUT2D eigenvalue weighted by Gasteiger charge is 2.22. The van der Waals surface area contributed by atoms with E-state index >= 15 is 0 Å². The van der Waals surface area contributed by atoms with Crippen molar-refractivity contribution < 1.29 is 17.5 Å². The quantitative estimate of drug-likeness (QED) is 0.466. The number of benzene rings is 1. The van der Waals surface area contributed by atoms with Crippen LogP contribution in [0.4, 0.5) is 4.39 Å². The van der Waals surface area contributed by atoms with E-state index in [4.69, 9.17) is 4.74 Å². The molecule has 9 heteroatoms. The Balaban J connectivity index is 2.88. The normalized spacial score (nSPS) is 14.0. The van der Waals surface area contributed by atoms with E-state index < -0.39 is 21.4 Å². The molecule has 0 fully saturated rings. The molecule has 1 aromatic rings. The zero-order valence-corrected chi connectivity index (χ0v) is 17.0. The number of aliphatic imine (C=N–C) groups is 1. The number of methoxy groups -OCH3 is 1. The Morgan fingerprint density at radius 3 is 2.54 bits per heavy atom. The van der Waals surface area contributed by atoms with Gasteiger partial charge < -0.3 is 15.4 Å². The van der Waals surface area contributed by atoms with Crippen molar-refractivity contribution in [2.24, 2.45) is 4.99 Å². The molecule has 0 amide bonds. The van der Waals surface area contributed by atoms with Gasteiger partial charge in [0.15, 0.2) is 17.5 Å². The fourth-order valence-corrected chi connectivity index (χ4v) is 3.44. The average molecular weight is 389 g/mol. The molecule has 0 heterocycles. The summed E-state index contributed by atoms with van der Waals surface area (Å²) >= 11 is 0. The van der Waals surface area contributed by atoms with Crippen LogP contribution in [0, 0.1) is 5.82 Å². The molecule has 3 N–H and O–H groups in total. The predicted molar refractivity (Wildman–Crippen MR) is 103 cm³/mol. The van der Waals surface area contributed by atoms with Gasteiger partial charge in [0.05, 0.1) is 26.0 Å². The number of halogens is 1. The molecule has 26 heavy (non-hydrogen) atoms. The van der Waals surface area contributed by atoms with Gasteiger partial charge >= 0.3 is 0 Å². The minimum absolute atomic E-state index is 0.190. The highest BCUT2D eigenvalue weighted by molar-refractivity contribution is 7.88. The SMILES string of the molecule is CCNC(=NCC(C)(C)NS(C)(=O)=O)NC(C)c1ccc(OC)c(F)c1. The first kappa shape index (κ1) is 22.2. The van der Waals surface area contributed by atoms with Crippen molar-refractivity contribution in [1.29, 1.82) is 0 Å². The van der Waals surface area contributed by atoms with Crippen LogP contribution in [-0.4, -0.2) is 46.4 Å². The van der Waals surface area contributed by atoms with Gasteiger partial charge in [0.25, 0.3) is 0 Å². The maximum Gasteiger partial charge on any atom is 0.209 e. The minimum Gasteiger partial charge on any atom is -0.494 e. The van der Waals surface area contributed by atoms with Gasteiger partial charge in [-0.05, 0) is 45.4 Å². The fourth-order valence-electron chi connectivity index (χ4n) is 2.37. The summed E-state index contributed by atoms with van der Waals surface area (Å²) in [6, 6.07) is 4.55. The molecule has 1 unspecified atom stereocenters. The number of ether oxygens (including phenoxy) is 1. The van der Waals surface area contributed by atoms with Crippen LogP contribution in [0.25, 0.3) is 0 Å². The van der Waals surface area contributed by atoms with Crippen LogP contribution in [0.15, 0.2) is 23.2 Å². The Kier molecular flexibility index (Phi) is 7.83. The molecular formula is C17H29FN4O3S. The van der Waals surface area contributed by atoms with E-state index in [9.17, 15) is 12.8 Å².